The van der Waals surface area contributed by atoms with Crippen LogP contribution in [0.2, 0.25) is 5.02 Å². The summed E-state index contributed by atoms with van der Waals surface area (Å²) in [5.74, 6) is 1.55. The van der Waals surface area contributed by atoms with Gasteiger partial charge >= 0.3 is 0 Å². The molecule has 0 bridgehead atoms. The first-order valence-corrected chi connectivity index (χ1v) is 7.24. The minimum absolute atomic E-state index is 0.489. The van der Waals surface area contributed by atoms with Gasteiger partial charge in [0.2, 0.25) is 0 Å². The van der Waals surface area contributed by atoms with E-state index in [9.17, 15) is 0 Å². The molecule has 1 unspecified atom stereocenters. The quantitative estimate of drug-likeness (QED) is 0.900. The van der Waals surface area contributed by atoms with Gasteiger partial charge in [-0.2, -0.15) is 0 Å². The standard InChI is InChI=1S/C15H22ClNO2/c1-4-10-8-13(18-2)15(19-3)12(14(10)16)9-11-6-5-7-17-11/h8,11,17H,4-7,9H2,1-3H3. The maximum atomic E-state index is 6.54. The Hall–Kier alpha value is -0.930. The van der Waals surface area contributed by atoms with E-state index in [0.717, 1.165) is 47.0 Å². The van der Waals surface area contributed by atoms with Crippen LogP contribution >= 0.6 is 11.6 Å². The minimum Gasteiger partial charge on any atom is -0.493 e. The number of halogens is 1. The second-order valence-corrected chi connectivity index (χ2v) is 5.29. The van der Waals surface area contributed by atoms with Crippen molar-refractivity contribution in [3.05, 3.63) is 22.2 Å². The lowest BCUT2D eigenvalue weighted by atomic mass is 9.99. The smallest absolute Gasteiger partial charge is 0.165 e. The van der Waals surface area contributed by atoms with Gasteiger partial charge in [-0.15, -0.1) is 0 Å². The van der Waals surface area contributed by atoms with Gasteiger partial charge in [0.1, 0.15) is 0 Å². The molecule has 0 aromatic heterocycles. The molecule has 0 saturated carbocycles. The molecular weight excluding hydrogens is 262 g/mol. The molecule has 4 heteroatoms. The number of nitrogens with one attached hydrogen (secondary N) is 1. The first kappa shape index (κ1) is 14.5. The molecule has 2 rings (SSSR count). The lowest BCUT2D eigenvalue weighted by Gasteiger charge is -2.19. The topological polar surface area (TPSA) is 30.5 Å². The van der Waals surface area contributed by atoms with Crippen molar-refractivity contribution in [2.45, 2.75) is 38.6 Å². The number of hydrogen-bond donors (Lipinski definition) is 1. The third-order valence-corrected chi connectivity index (χ3v) is 4.24. The molecule has 1 fully saturated rings. The zero-order valence-corrected chi connectivity index (χ0v) is 12.6. The van der Waals surface area contributed by atoms with E-state index in [1.807, 2.05) is 6.07 Å². The lowest BCUT2D eigenvalue weighted by molar-refractivity contribution is 0.350. The molecule has 0 aliphatic carbocycles. The minimum atomic E-state index is 0.489. The zero-order chi connectivity index (χ0) is 13.8. The van der Waals surface area contributed by atoms with Crippen LogP contribution in [-0.2, 0) is 12.8 Å². The first-order chi connectivity index (χ1) is 9.21. The van der Waals surface area contributed by atoms with Crippen LogP contribution in [0.4, 0.5) is 0 Å². The van der Waals surface area contributed by atoms with Crippen LogP contribution in [0, 0.1) is 0 Å². The van der Waals surface area contributed by atoms with Crippen molar-refractivity contribution in [1.29, 1.82) is 0 Å². The van der Waals surface area contributed by atoms with Crippen molar-refractivity contribution in [3.8, 4) is 11.5 Å². The molecule has 1 N–H and O–H groups in total. The van der Waals surface area contributed by atoms with E-state index in [1.165, 1.54) is 12.8 Å². The Morgan fingerprint density at radius 3 is 2.68 bits per heavy atom. The maximum Gasteiger partial charge on any atom is 0.165 e. The van der Waals surface area contributed by atoms with Crippen LogP contribution in [0.1, 0.15) is 30.9 Å². The SMILES string of the molecule is CCc1cc(OC)c(OC)c(CC2CCCN2)c1Cl. The molecule has 0 radical (unpaired) electrons. The molecular formula is C15H22ClNO2. The molecule has 3 nitrogen and oxygen atoms in total. The first-order valence-electron chi connectivity index (χ1n) is 6.86. The fourth-order valence-electron chi connectivity index (χ4n) is 2.72. The van der Waals surface area contributed by atoms with Crippen LogP contribution < -0.4 is 14.8 Å². The molecule has 106 valence electrons. The summed E-state index contributed by atoms with van der Waals surface area (Å²) in [7, 11) is 3.34. The highest BCUT2D eigenvalue weighted by atomic mass is 35.5. The summed E-state index contributed by atoms with van der Waals surface area (Å²) in [6, 6.07) is 2.47. The van der Waals surface area contributed by atoms with Gasteiger partial charge in [-0.05, 0) is 43.9 Å². The van der Waals surface area contributed by atoms with Crippen LogP contribution in [-0.4, -0.2) is 26.8 Å². The average molecular weight is 284 g/mol. The molecule has 1 atom stereocenters. The summed E-state index contributed by atoms with van der Waals surface area (Å²) < 4.78 is 11.0. The highest BCUT2D eigenvalue weighted by Crippen LogP contribution is 2.40. The van der Waals surface area contributed by atoms with Gasteiger partial charge in [0, 0.05) is 11.6 Å². The molecule has 1 aromatic carbocycles. The van der Waals surface area contributed by atoms with E-state index >= 15 is 0 Å². The van der Waals surface area contributed by atoms with Gasteiger partial charge in [0.05, 0.1) is 19.2 Å². The van der Waals surface area contributed by atoms with Crippen LogP contribution in [0.3, 0.4) is 0 Å². The summed E-state index contributed by atoms with van der Waals surface area (Å²) in [5, 5.41) is 4.33. The van der Waals surface area contributed by atoms with Gasteiger partial charge in [0.15, 0.2) is 11.5 Å². The summed E-state index contributed by atoms with van der Waals surface area (Å²) in [6.07, 6.45) is 4.21. The van der Waals surface area contributed by atoms with Crippen molar-refractivity contribution in [2.24, 2.45) is 0 Å². The Bertz CT molecular complexity index is 442. The second kappa shape index (κ2) is 6.49. The molecule has 0 spiro atoms. The van der Waals surface area contributed by atoms with Crippen LogP contribution in [0.5, 0.6) is 11.5 Å². The van der Waals surface area contributed by atoms with E-state index < -0.39 is 0 Å². The molecule has 1 saturated heterocycles. The fraction of sp³-hybridized carbons (Fsp3) is 0.600. The molecule has 1 aromatic rings. The van der Waals surface area contributed by atoms with E-state index in [2.05, 4.69) is 12.2 Å². The predicted octanol–water partition coefficient (Wildman–Crippen LogP) is 3.21. The highest BCUT2D eigenvalue weighted by Gasteiger charge is 2.22. The largest absolute Gasteiger partial charge is 0.493 e. The van der Waals surface area contributed by atoms with Crippen LogP contribution in [0.25, 0.3) is 0 Å². The zero-order valence-electron chi connectivity index (χ0n) is 11.9. The fourth-order valence-corrected chi connectivity index (χ4v) is 3.07. The van der Waals surface area contributed by atoms with Crippen molar-refractivity contribution < 1.29 is 9.47 Å². The number of ether oxygens (including phenoxy) is 2. The van der Waals surface area contributed by atoms with Gasteiger partial charge in [-0.1, -0.05) is 18.5 Å². The van der Waals surface area contributed by atoms with E-state index in [-0.39, 0.29) is 0 Å². The van der Waals surface area contributed by atoms with Crippen molar-refractivity contribution in [2.75, 3.05) is 20.8 Å². The van der Waals surface area contributed by atoms with Crippen molar-refractivity contribution in [3.63, 3.8) is 0 Å². The van der Waals surface area contributed by atoms with Gasteiger partial charge in [-0.25, -0.2) is 0 Å². The molecule has 1 aliphatic heterocycles. The number of hydrogen-bond acceptors (Lipinski definition) is 3. The third kappa shape index (κ3) is 2.98. The van der Waals surface area contributed by atoms with Gasteiger partial charge < -0.3 is 14.8 Å². The van der Waals surface area contributed by atoms with E-state index in [0.29, 0.717) is 6.04 Å². The Kier molecular flexibility index (Phi) is 4.94. The summed E-state index contributed by atoms with van der Waals surface area (Å²) in [5.41, 5.74) is 2.19. The van der Waals surface area contributed by atoms with E-state index in [4.69, 9.17) is 21.1 Å². The number of benzene rings is 1. The number of rotatable bonds is 5. The van der Waals surface area contributed by atoms with E-state index in [1.54, 1.807) is 14.2 Å². The lowest BCUT2D eigenvalue weighted by Crippen LogP contribution is -2.24. The monoisotopic (exact) mass is 283 g/mol. The van der Waals surface area contributed by atoms with Crippen molar-refractivity contribution >= 4 is 11.6 Å². The summed E-state index contributed by atoms with van der Waals surface area (Å²) >= 11 is 6.54. The van der Waals surface area contributed by atoms with Crippen LogP contribution in [0.15, 0.2) is 6.07 Å². The average Bonchev–Trinajstić information content (AvgIpc) is 2.93. The molecule has 0 amide bonds. The van der Waals surface area contributed by atoms with Crippen molar-refractivity contribution in [1.82, 2.24) is 5.32 Å². The normalized spacial score (nSPS) is 18.6. The number of methoxy groups -OCH3 is 2. The summed E-state index contributed by atoms with van der Waals surface area (Å²) in [4.78, 5) is 0. The highest BCUT2D eigenvalue weighted by molar-refractivity contribution is 6.32. The Balaban J connectivity index is 2.41. The molecule has 19 heavy (non-hydrogen) atoms. The maximum absolute atomic E-state index is 6.54. The van der Waals surface area contributed by atoms with Gasteiger partial charge in [-0.3, -0.25) is 0 Å². The molecule has 1 aliphatic rings. The predicted molar refractivity (Wildman–Crippen MR) is 78.7 cm³/mol. The Morgan fingerprint density at radius 1 is 1.37 bits per heavy atom. The third-order valence-electron chi connectivity index (χ3n) is 3.77. The summed E-state index contributed by atoms with van der Waals surface area (Å²) in [6.45, 7) is 3.19. The van der Waals surface area contributed by atoms with Gasteiger partial charge in [0.25, 0.3) is 0 Å². The molecule has 1 heterocycles. The Morgan fingerprint density at radius 2 is 2.16 bits per heavy atom. The Labute approximate surface area is 120 Å². The second-order valence-electron chi connectivity index (χ2n) is 4.91. The number of aryl methyl sites for hydroxylation is 1.